The molecule has 5 nitrogen and oxygen atoms in total. The van der Waals surface area contributed by atoms with Gasteiger partial charge in [-0.15, -0.1) is 0 Å². The fraction of sp³-hybridized carbons (Fsp3) is 0.400. The fourth-order valence-corrected chi connectivity index (χ4v) is 3.60. The summed E-state index contributed by atoms with van der Waals surface area (Å²) in [5.74, 6) is 0.321. The summed E-state index contributed by atoms with van der Waals surface area (Å²) in [5.41, 5.74) is 6.48. The average molecular weight is 337 g/mol. The Balaban J connectivity index is 1.71. The van der Waals surface area contributed by atoms with Gasteiger partial charge >= 0.3 is 0 Å². The van der Waals surface area contributed by atoms with Gasteiger partial charge in [0.25, 0.3) is 5.91 Å². The molecule has 1 aromatic carbocycles. The van der Waals surface area contributed by atoms with E-state index in [1.54, 1.807) is 0 Å². The quantitative estimate of drug-likeness (QED) is 0.628. The second kappa shape index (κ2) is 6.84. The summed E-state index contributed by atoms with van der Waals surface area (Å²) in [4.78, 5) is 12.3. The Morgan fingerprint density at radius 2 is 2.12 bits per heavy atom. The molecule has 25 heavy (non-hydrogen) atoms. The van der Waals surface area contributed by atoms with Crippen LogP contribution in [0.5, 0.6) is 0 Å². The van der Waals surface area contributed by atoms with Crippen molar-refractivity contribution in [2.45, 2.75) is 38.6 Å². The molecule has 2 heterocycles. The van der Waals surface area contributed by atoms with Crippen molar-refractivity contribution in [2.75, 3.05) is 6.61 Å². The summed E-state index contributed by atoms with van der Waals surface area (Å²) in [6.45, 7) is 1.08. The molecule has 0 unspecified atom stereocenters. The van der Waals surface area contributed by atoms with Crippen molar-refractivity contribution in [1.29, 1.82) is 0 Å². The van der Waals surface area contributed by atoms with E-state index in [0.29, 0.717) is 11.5 Å². The van der Waals surface area contributed by atoms with Crippen LogP contribution in [0.4, 0.5) is 0 Å². The number of hydrogen-bond acceptors (Lipinski definition) is 3. The van der Waals surface area contributed by atoms with Crippen LogP contribution < -0.4 is 5.43 Å². The van der Waals surface area contributed by atoms with E-state index in [1.807, 2.05) is 18.2 Å². The van der Waals surface area contributed by atoms with Crippen LogP contribution in [0.15, 0.2) is 41.1 Å². The van der Waals surface area contributed by atoms with E-state index in [4.69, 9.17) is 5.11 Å². The van der Waals surface area contributed by atoms with E-state index in [2.05, 4.69) is 33.4 Å². The van der Waals surface area contributed by atoms with Crippen LogP contribution >= 0.6 is 0 Å². The molecule has 4 rings (SSSR count). The lowest BCUT2D eigenvalue weighted by Gasteiger charge is -2.24. The number of fused-ring (bicyclic) bond motifs is 1. The van der Waals surface area contributed by atoms with Crippen molar-refractivity contribution in [3.8, 4) is 0 Å². The third kappa shape index (κ3) is 3.00. The standard InChI is InChI=1S/C20H23N3O2/c24-11-4-3-10-23-13-15(16-8-1-2-9-18(16)23)12-17-19(14-6-5-7-14)21-22-20(17)25/h1-2,8-9,12-14,24H,3-7,10-11H2,(H,22,25). The smallest absolute Gasteiger partial charge is 0.273 e. The molecular formula is C20H23N3O2. The highest BCUT2D eigenvalue weighted by Crippen LogP contribution is 2.33. The second-order valence-corrected chi connectivity index (χ2v) is 6.85. The van der Waals surface area contributed by atoms with Crippen LogP contribution in [0, 0.1) is 5.92 Å². The maximum atomic E-state index is 12.3. The Kier molecular flexibility index (Phi) is 4.40. The van der Waals surface area contributed by atoms with E-state index >= 15 is 0 Å². The Labute approximate surface area is 147 Å². The van der Waals surface area contributed by atoms with Crippen molar-refractivity contribution in [2.24, 2.45) is 11.0 Å². The van der Waals surface area contributed by atoms with Crippen molar-refractivity contribution in [3.63, 3.8) is 0 Å². The van der Waals surface area contributed by atoms with Gasteiger partial charge in [-0.05, 0) is 37.8 Å². The molecule has 130 valence electrons. The first kappa shape index (κ1) is 16.1. The van der Waals surface area contributed by atoms with Gasteiger partial charge < -0.3 is 9.67 Å². The van der Waals surface area contributed by atoms with Crippen LogP contribution in [0.1, 0.15) is 37.7 Å². The zero-order valence-corrected chi connectivity index (χ0v) is 14.2. The number of aliphatic hydroxyl groups excluding tert-OH is 1. The van der Waals surface area contributed by atoms with Crippen LogP contribution in [0.2, 0.25) is 0 Å². The fourth-order valence-electron chi connectivity index (χ4n) is 3.60. The highest BCUT2D eigenvalue weighted by molar-refractivity contribution is 6.28. The number of aromatic nitrogens is 1. The molecule has 0 radical (unpaired) electrons. The number of nitrogens with one attached hydrogen (secondary N) is 1. The van der Waals surface area contributed by atoms with Gasteiger partial charge in [0.1, 0.15) is 0 Å². The van der Waals surface area contributed by atoms with Crippen LogP contribution in [0.3, 0.4) is 0 Å². The van der Waals surface area contributed by atoms with Gasteiger partial charge in [0, 0.05) is 41.7 Å². The van der Waals surface area contributed by atoms with E-state index < -0.39 is 0 Å². The van der Waals surface area contributed by atoms with Crippen molar-refractivity contribution < 1.29 is 9.90 Å². The molecule has 5 heteroatoms. The summed E-state index contributed by atoms with van der Waals surface area (Å²) in [6.07, 6.45) is 9.28. The van der Waals surface area contributed by atoms with Gasteiger partial charge in [-0.3, -0.25) is 4.79 Å². The highest BCUT2D eigenvalue weighted by Gasteiger charge is 2.32. The minimum absolute atomic E-state index is 0.0981. The molecule has 1 aliphatic heterocycles. The predicted octanol–water partition coefficient (Wildman–Crippen LogP) is 3.08. The number of aliphatic hydroxyl groups is 1. The number of aryl methyl sites for hydroxylation is 1. The zero-order chi connectivity index (χ0) is 17.2. The molecule has 0 atom stereocenters. The van der Waals surface area contributed by atoms with Gasteiger partial charge in [0.15, 0.2) is 0 Å². The molecule has 2 N–H and O–H groups in total. The third-order valence-corrected chi connectivity index (χ3v) is 5.22. The minimum atomic E-state index is -0.0981. The average Bonchev–Trinajstić information content (AvgIpc) is 3.10. The lowest BCUT2D eigenvalue weighted by molar-refractivity contribution is -0.116. The summed E-state index contributed by atoms with van der Waals surface area (Å²) < 4.78 is 2.21. The van der Waals surface area contributed by atoms with Crippen molar-refractivity contribution >= 4 is 28.6 Å². The highest BCUT2D eigenvalue weighted by atomic mass is 16.2. The molecule has 1 aromatic heterocycles. The monoisotopic (exact) mass is 337 g/mol. The van der Waals surface area contributed by atoms with Crippen LogP contribution in [0.25, 0.3) is 17.0 Å². The van der Waals surface area contributed by atoms with Gasteiger partial charge in [-0.1, -0.05) is 24.6 Å². The molecule has 1 saturated carbocycles. The number of rotatable bonds is 6. The van der Waals surface area contributed by atoms with Gasteiger partial charge in [0.2, 0.25) is 0 Å². The van der Waals surface area contributed by atoms with Gasteiger partial charge in [-0.2, -0.15) is 5.10 Å². The Morgan fingerprint density at radius 1 is 1.28 bits per heavy atom. The number of hydrazone groups is 1. The first-order valence-corrected chi connectivity index (χ1v) is 9.06. The predicted molar refractivity (Wildman–Crippen MR) is 99.2 cm³/mol. The Hall–Kier alpha value is -2.40. The number of hydrogen-bond donors (Lipinski definition) is 2. The maximum absolute atomic E-state index is 12.3. The van der Waals surface area contributed by atoms with Crippen LogP contribution in [-0.4, -0.2) is 27.9 Å². The molecule has 1 amide bonds. The number of carbonyl (C=O) groups is 1. The van der Waals surface area contributed by atoms with Crippen molar-refractivity contribution in [3.05, 3.63) is 41.6 Å². The number of carbonyl (C=O) groups excluding carboxylic acids is 1. The largest absolute Gasteiger partial charge is 0.396 e. The van der Waals surface area contributed by atoms with E-state index in [1.165, 1.54) is 6.42 Å². The molecular weight excluding hydrogens is 314 g/mol. The first-order chi connectivity index (χ1) is 12.3. The normalized spacial score (nSPS) is 19.3. The molecule has 2 aromatic rings. The van der Waals surface area contributed by atoms with Crippen molar-refractivity contribution in [1.82, 2.24) is 9.99 Å². The summed E-state index contributed by atoms with van der Waals surface area (Å²) in [5, 5.41) is 14.4. The van der Waals surface area contributed by atoms with E-state index in [-0.39, 0.29) is 12.5 Å². The maximum Gasteiger partial charge on any atom is 0.273 e. The first-order valence-electron chi connectivity index (χ1n) is 9.06. The summed E-state index contributed by atoms with van der Waals surface area (Å²) in [7, 11) is 0. The molecule has 0 spiro atoms. The van der Waals surface area contributed by atoms with Gasteiger partial charge in [-0.25, -0.2) is 5.43 Å². The molecule has 1 fully saturated rings. The number of nitrogens with zero attached hydrogens (tertiary/aromatic N) is 2. The molecule has 2 aliphatic rings. The molecule has 0 saturated heterocycles. The zero-order valence-electron chi connectivity index (χ0n) is 14.2. The third-order valence-electron chi connectivity index (χ3n) is 5.22. The number of unbranched alkanes of at least 4 members (excludes halogenated alkanes) is 1. The number of benzene rings is 1. The topological polar surface area (TPSA) is 66.6 Å². The molecule has 0 bridgehead atoms. The Morgan fingerprint density at radius 3 is 2.88 bits per heavy atom. The SMILES string of the molecule is O=C1NN=C(C2CCC2)C1=Cc1cn(CCCCO)c2ccccc12. The van der Waals surface area contributed by atoms with Gasteiger partial charge in [0.05, 0.1) is 11.3 Å². The molecule has 1 aliphatic carbocycles. The summed E-state index contributed by atoms with van der Waals surface area (Å²) >= 11 is 0. The van der Waals surface area contributed by atoms with Crippen LogP contribution in [-0.2, 0) is 11.3 Å². The minimum Gasteiger partial charge on any atom is -0.396 e. The summed E-state index contributed by atoms with van der Waals surface area (Å²) in [6, 6.07) is 8.26. The van der Waals surface area contributed by atoms with E-state index in [0.717, 1.165) is 54.4 Å². The number of para-hydroxylation sites is 1. The lowest BCUT2D eigenvalue weighted by atomic mass is 9.79. The lowest BCUT2D eigenvalue weighted by Crippen LogP contribution is -2.23. The number of amides is 1. The second-order valence-electron chi connectivity index (χ2n) is 6.85. The van der Waals surface area contributed by atoms with E-state index in [9.17, 15) is 4.79 Å². The Bertz CT molecular complexity index is 859.